The first-order valence-electron chi connectivity index (χ1n) is 31.3. The first kappa shape index (κ1) is 70.3. The number of benzene rings is 3. The number of imidazole rings is 1. The maximum atomic E-state index is 14.1. The van der Waals surface area contributed by atoms with E-state index in [0.29, 0.717) is 51.9 Å². The number of fused-ring (bicyclic) bond motifs is 4. The zero-order valence-electron chi connectivity index (χ0n) is 54.5. The maximum Gasteiger partial charge on any atom is 0.409 e. The number of carbonyl (C=O) groups is 9. The molecule has 0 saturated carbocycles. The van der Waals surface area contributed by atoms with Gasteiger partial charge in [-0.2, -0.15) is 5.10 Å². The molecular weight excluding hydrogens is 1290 g/mol. The van der Waals surface area contributed by atoms with Gasteiger partial charge in [0, 0.05) is 107 Å². The number of nitrogens with zero attached hydrogens (tertiary/aromatic N) is 9. The van der Waals surface area contributed by atoms with Gasteiger partial charge in [0.05, 0.1) is 58.6 Å². The molecule has 5 atom stereocenters. The lowest BCUT2D eigenvalue weighted by Crippen LogP contribution is -2.61. The highest BCUT2D eigenvalue weighted by atomic mass is 16.7. The molecule has 1 saturated heterocycles. The van der Waals surface area contributed by atoms with Gasteiger partial charge in [0.25, 0.3) is 17.7 Å². The van der Waals surface area contributed by atoms with E-state index in [1.54, 1.807) is 29.8 Å². The number of carboxylic acid groups (broad SMARTS) is 1. The van der Waals surface area contributed by atoms with Crippen LogP contribution in [0.3, 0.4) is 0 Å². The summed E-state index contributed by atoms with van der Waals surface area (Å²) in [5.74, 6) is -5.63. The topological polar surface area (TPSA) is 455 Å². The molecule has 33 nitrogen and oxygen atoms in total. The van der Waals surface area contributed by atoms with Crippen LogP contribution in [0.1, 0.15) is 87.2 Å². The van der Waals surface area contributed by atoms with Crippen LogP contribution in [-0.2, 0) is 66.1 Å². The van der Waals surface area contributed by atoms with E-state index in [0.717, 1.165) is 34.0 Å². The number of oxazole rings is 1. The standard InChI is InChI=1S/C66H72N14O19/c1-7-40-58(97-34(4)71-40)62(90)74-65-73-42-27-37(61(68)89)30-47(54(42)79(65)21-10-9-20-77-44-28-38(43-24-33(3)75-80(43)8-2)31-70-52(44)39-26-36(60(67)88)29-46(94-6)53(39)77)95-23-11-19-76(5)66(93)96-32-35-12-13-45(98-64-57(87)55(85)56(86)59(99-64)63(91)92)41(25-35)72-49(82)16-18-69-48(81)17-22-78-50(83)14-15-51(78)84/h9-10,12-15,24-31,55-57,59,64,85-87H,7-8,11,16-23,32H2,1-6H3,(H2,67,88)(H2,68,89)(H,69,81)(H,72,82)(H,91,92)(H,73,74,90)/b10-9+/t55-,56-,57+,59-,64+/m0/s1. The molecular formula is C66H72N14O19. The molecule has 8 amide bonds. The van der Waals surface area contributed by atoms with Gasteiger partial charge < -0.3 is 84.7 Å². The predicted molar refractivity (Wildman–Crippen MR) is 351 cm³/mol. The number of carbonyl (C=O) groups excluding carboxylic acids is 8. The number of rotatable bonds is 29. The van der Waals surface area contributed by atoms with E-state index in [9.17, 15) is 63.6 Å². The van der Waals surface area contributed by atoms with Crippen LogP contribution in [-0.4, -0.2) is 189 Å². The van der Waals surface area contributed by atoms with Crippen LogP contribution in [0.25, 0.3) is 44.2 Å². The normalized spacial score (nSPS) is 16.8. The first-order chi connectivity index (χ1) is 47.4. The number of primary amides is 2. The molecule has 5 aromatic heterocycles. The smallest absolute Gasteiger partial charge is 0.409 e. The van der Waals surface area contributed by atoms with Gasteiger partial charge in [-0.15, -0.1) is 0 Å². The van der Waals surface area contributed by atoms with Crippen LogP contribution in [0.15, 0.2) is 89.5 Å². The molecule has 33 heteroatoms. The molecule has 2 aliphatic rings. The number of methoxy groups -OCH3 is 1. The third kappa shape index (κ3) is 15.5. The number of anilines is 2. The minimum atomic E-state index is -2.03. The summed E-state index contributed by atoms with van der Waals surface area (Å²) in [6.45, 7) is 7.40. The summed E-state index contributed by atoms with van der Waals surface area (Å²) in [6.07, 6.45) is -3.14. The summed E-state index contributed by atoms with van der Waals surface area (Å²) in [7, 11) is 2.96. The lowest BCUT2D eigenvalue weighted by atomic mass is 9.99. The molecule has 1 fully saturated rings. The Morgan fingerprint density at radius 1 is 0.808 bits per heavy atom. The monoisotopic (exact) mass is 1360 g/mol. The molecule has 7 heterocycles. The Morgan fingerprint density at radius 2 is 1.53 bits per heavy atom. The second kappa shape index (κ2) is 30.3. The van der Waals surface area contributed by atoms with E-state index in [2.05, 4.69) is 26.0 Å². The summed E-state index contributed by atoms with van der Waals surface area (Å²) < 4.78 is 40.3. The van der Waals surface area contributed by atoms with Gasteiger partial charge in [0.15, 0.2) is 12.0 Å². The molecule has 2 aliphatic heterocycles. The van der Waals surface area contributed by atoms with E-state index < -0.39 is 90.7 Å². The number of amides is 8. The number of hydrogen-bond donors (Lipinski definition) is 9. The van der Waals surface area contributed by atoms with Gasteiger partial charge in [-0.3, -0.25) is 53.4 Å². The number of aliphatic hydroxyl groups is 3. The van der Waals surface area contributed by atoms with Crippen LogP contribution in [0.4, 0.5) is 16.4 Å². The van der Waals surface area contributed by atoms with Gasteiger partial charge in [0.1, 0.15) is 47.7 Å². The number of pyridine rings is 1. The third-order valence-electron chi connectivity index (χ3n) is 16.2. The van der Waals surface area contributed by atoms with Crippen molar-refractivity contribution in [2.24, 2.45) is 11.5 Å². The number of imide groups is 1. The third-order valence-corrected chi connectivity index (χ3v) is 16.2. The number of allylic oxidation sites excluding steroid dienone is 2. The summed E-state index contributed by atoms with van der Waals surface area (Å²) in [5.41, 5.74) is 17.4. The number of nitrogens with two attached hydrogens (primary N) is 2. The zero-order chi connectivity index (χ0) is 71.1. The lowest BCUT2D eigenvalue weighted by Gasteiger charge is -2.38. The van der Waals surface area contributed by atoms with E-state index in [1.807, 2.05) is 54.3 Å². The summed E-state index contributed by atoms with van der Waals surface area (Å²) in [6, 6.07) is 14.1. The van der Waals surface area contributed by atoms with Crippen molar-refractivity contribution in [3.63, 3.8) is 0 Å². The average molecular weight is 1370 g/mol. The Morgan fingerprint density at radius 3 is 2.22 bits per heavy atom. The van der Waals surface area contributed by atoms with Gasteiger partial charge >= 0.3 is 12.1 Å². The molecule has 11 N–H and O–H groups in total. The molecule has 520 valence electrons. The number of aryl methyl sites for hydroxylation is 4. The van der Waals surface area contributed by atoms with Crippen molar-refractivity contribution < 1.29 is 91.7 Å². The van der Waals surface area contributed by atoms with E-state index in [-0.39, 0.29) is 116 Å². The molecule has 99 heavy (non-hydrogen) atoms. The van der Waals surface area contributed by atoms with Crippen LogP contribution < -0.4 is 41.6 Å². The first-order valence-corrected chi connectivity index (χ1v) is 31.3. The predicted octanol–water partition coefficient (Wildman–Crippen LogP) is 3.37. The minimum Gasteiger partial charge on any atom is -0.495 e. The van der Waals surface area contributed by atoms with E-state index in [1.165, 1.54) is 49.4 Å². The van der Waals surface area contributed by atoms with Crippen LogP contribution in [0.5, 0.6) is 17.2 Å². The largest absolute Gasteiger partial charge is 0.495 e. The van der Waals surface area contributed by atoms with E-state index in [4.69, 9.17) is 49.5 Å². The number of carboxylic acids is 1. The Balaban J connectivity index is 0.859. The van der Waals surface area contributed by atoms with Crippen molar-refractivity contribution in [1.82, 2.24) is 49.0 Å². The number of aliphatic carboxylic acids is 1. The molecule has 3 aromatic carbocycles. The van der Waals surface area contributed by atoms with E-state index >= 15 is 0 Å². The molecule has 0 spiro atoms. The number of nitrogens with one attached hydrogen (secondary N) is 3. The van der Waals surface area contributed by atoms with Gasteiger partial charge in [0.2, 0.25) is 41.6 Å². The van der Waals surface area contributed by atoms with Crippen molar-refractivity contribution in [2.75, 3.05) is 51.0 Å². The molecule has 0 bridgehead atoms. The van der Waals surface area contributed by atoms with Crippen molar-refractivity contribution >= 4 is 98.0 Å². The highest BCUT2D eigenvalue weighted by Gasteiger charge is 2.48. The van der Waals surface area contributed by atoms with Crippen molar-refractivity contribution in [3.05, 3.63) is 125 Å². The van der Waals surface area contributed by atoms with Crippen LogP contribution in [0.2, 0.25) is 0 Å². The molecule has 8 aromatic rings. The zero-order valence-corrected chi connectivity index (χ0v) is 54.5. The Kier molecular flexibility index (Phi) is 21.5. The lowest BCUT2D eigenvalue weighted by molar-refractivity contribution is -0.271. The van der Waals surface area contributed by atoms with Crippen molar-refractivity contribution in [1.29, 1.82) is 0 Å². The highest BCUT2D eigenvalue weighted by Crippen LogP contribution is 2.38. The molecule has 0 unspecified atom stereocenters. The Labute approximate surface area is 562 Å². The molecule has 0 radical (unpaired) electrons. The molecule has 0 aliphatic carbocycles. The maximum absolute atomic E-state index is 14.1. The fourth-order valence-electron chi connectivity index (χ4n) is 11.3. The number of aromatic nitrogens is 7. The number of ether oxygens (including phenoxy) is 5. The fourth-order valence-corrected chi connectivity index (χ4v) is 11.3. The fraction of sp³-hybridized carbons (Fsp3) is 0.348. The summed E-state index contributed by atoms with van der Waals surface area (Å²) >= 11 is 0. The SMILES string of the molecule is CCc1nc(C)oc1C(=O)Nc1nc2cc(C(N)=O)cc(OCCCN(C)C(=O)OCc3ccc(O[C@@H]4O[C@H](C(=O)O)[C@@H](O)[C@H](O)[C@H]4O)c(NC(=O)CCNC(=O)CCN4C(=O)C=CC4=O)c3)c2n1C/C=C/Cn1c2cc(-c3cc(C)nn3CC)cnc2c2cc(C(N)=O)cc(OC)c21. The number of hydrogen-bond acceptors (Lipinski definition) is 22. The summed E-state index contributed by atoms with van der Waals surface area (Å²) in [5, 5.41) is 54.3. The Hall–Kier alpha value is -11.6. The van der Waals surface area contributed by atoms with Gasteiger partial charge in [-0.05, 0) is 80.8 Å². The second-order valence-electron chi connectivity index (χ2n) is 23.1. The highest BCUT2D eigenvalue weighted by molar-refractivity contribution is 6.13. The van der Waals surface area contributed by atoms with Crippen LogP contribution in [0, 0.1) is 13.8 Å². The summed E-state index contributed by atoms with van der Waals surface area (Å²) in [4.78, 5) is 131. The molecule has 10 rings (SSSR count). The van der Waals surface area contributed by atoms with Crippen molar-refractivity contribution in [2.45, 2.75) is 110 Å². The Bertz CT molecular complexity index is 4550. The second-order valence-corrected chi connectivity index (χ2v) is 23.1. The van der Waals surface area contributed by atoms with Crippen LogP contribution >= 0.6 is 0 Å². The average Bonchev–Trinajstić information content (AvgIpc) is 1.60. The van der Waals surface area contributed by atoms with Crippen molar-refractivity contribution in [3.8, 4) is 28.5 Å². The quantitative estimate of drug-likeness (QED) is 0.0184. The van der Waals surface area contributed by atoms with Gasteiger partial charge in [-0.25, -0.2) is 19.6 Å². The minimum absolute atomic E-state index is 0.0272. The van der Waals surface area contributed by atoms with Gasteiger partial charge in [-0.1, -0.05) is 25.1 Å². The number of aliphatic hydroxyl groups excluding tert-OH is 3.